The summed E-state index contributed by atoms with van der Waals surface area (Å²) in [6.45, 7) is 2.87. The summed E-state index contributed by atoms with van der Waals surface area (Å²) in [5.74, 6) is 5.71. The highest BCUT2D eigenvalue weighted by atomic mass is 35.5. The molecule has 0 aliphatic heterocycles. The highest BCUT2D eigenvalue weighted by molar-refractivity contribution is 6.35. The van der Waals surface area contributed by atoms with Crippen molar-refractivity contribution in [1.82, 2.24) is 15.2 Å². The van der Waals surface area contributed by atoms with Crippen molar-refractivity contribution in [3.05, 3.63) is 50.7 Å². The lowest BCUT2D eigenvalue weighted by Gasteiger charge is -2.19. The Balaban J connectivity index is 2.29. The summed E-state index contributed by atoms with van der Waals surface area (Å²) in [6, 6.07) is 5.24. The summed E-state index contributed by atoms with van der Waals surface area (Å²) < 4.78 is 1.87. The van der Waals surface area contributed by atoms with Gasteiger partial charge in [-0.1, -0.05) is 47.8 Å². The number of benzene rings is 1. The lowest BCUT2D eigenvalue weighted by molar-refractivity contribution is 0.478. The number of nitrogens with zero attached hydrogens (tertiary/aromatic N) is 2. The van der Waals surface area contributed by atoms with Gasteiger partial charge in [0.25, 0.3) is 0 Å². The summed E-state index contributed by atoms with van der Waals surface area (Å²) in [6.07, 6.45) is 3.20. The molecule has 2 rings (SSSR count). The predicted octanol–water partition coefficient (Wildman–Crippen LogP) is 4.00. The van der Waals surface area contributed by atoms with Gasteiger partial charge in [0.05, 0.1) is 23.0 Å². The van der Waals surface area contributed by atoms with Gasteiger partial charge >= 0.3 is 0 Å². The van der Waals surface area contributed by atoms with E-state index in [2.05, 4.69) is 17.4 Å². The molecule has 114 valence electrons. The first-order valence-electron chi connectivity index (χ1n) is 6.68. The molecule has 0 fully saturated rings. The van der Waals surface area contributed by atoms with Gasteiger partial charge in [-0.05, 0) is 30.5 Å². The molecular formula is C14H17Cl3N4. The standard InChI is InChI=1S/C14H17Cl3N4/c1-2-5-21-14(12(17)8-19-21)13(20-18)6-9-3-4-10(15)7-11(9)16/h3-4,7-8,13,20H,2,5-6,18H2,1H3. The van der Waals surface area contributed by atoms with E-state index in [4.69, 9.17) is 40.6 Å². The molecule has 1 atom stereocenters. The van der Waals surface area contributed by atoms with E-state index in [1.807, 2.05) is 10.7 Å². The van der Waals surface area contributed by atoms with Crippen LogP contribution in [0.3, 0.4) is 0 Å². The quantitative estimate of drug-likeness (QED) is 0.613. The molecule has 0 saturated carbocycles. The molecule has 0 aliphatic rings. The first-order valence-corrected chi connectivity index (χ1v) is 7.81. The van der Waals surface area contributed by atoms with Gasteiger partial charge in [0, 0.05) is 16.6 Å². The van der Waals surface area contributed by atoms with E-state index < -0.39 is 0 Å². The minimum atomic E-state index is -0.176. The zero-order valence-corrected chi connectivity index (χ0v) is 13.9. The van der Waals surface area contributed by atoms with Gasteiger partial charge in [-0.2, -0.15) is 5.10 Å². The Morgan fingerprint density at radius 2 is 2.05 bits per heavy atom. The highest BCUT2D eigenvalue weighted by Crippen LogP contribution is 2.29. The van der Waals surface area contributed by atoms with Crippen molar-refractivity contribution >= 4 is 34.8 Å². The Morgan fingerprint density at radius 3 is 2.67 bits per heavy atom. The van der Waals surface area contributed by atoms with Crippen molar-refractivity contribution in [2.24, 2.45) is 5.84 Å². The molecule has 7 heteroatoms. The molecule has 1 heterocycles. The van der Waals surface area contributed by atoms with Crippen LogP contribution in [0.5, 0.6) is 0 Å². The molecule has 0 saturated heterocycles. The third-order valence-corrected chi connectivity index (χ3v) is 4.12. The summed E-state index contributed by atoms with van der Waals surface area (Å²) in [4.78, 5) is 0. The smallest absolute Gasteiger partial charge is 0.0834 e. The van der Waals surface area contributed by atoms with Crippen molar-refractivity contribution in [3.63, 3.8) is 0 Å². The van der Waals surface area contributed by atoms with Crippen molar-refractivity contribution in [2.75, 3.05) is 0 Å². The van der Waals surface area contributed by atoms with Gasteiger partial charge in [-0.15, -0.1) is 0 Å². The monoisotopic (exact) mass is 346 g/mol. The molecule has 1 aromatic carbocycles. The normalized spacial score (nSPS) is 12.6. The third-order valence-electron chi connectivity index (χ3n) is 3.24. The van der Waals surface area contributed by atoms with Crippen LogP contribution in [0.4, 0.5) is 0 Å². The Labute approximate surface area is 139 Å². The van der Waals surface area contributed by atoms with Crippen LogP contribution in [0, 0.1) is 0 Å². The minimum absolute atomic E-state index is 0.176. The van der Waals surface area contributed by atoms with Gasteiger partial charge in [-0.3, -0.25) is 16.0 Å². The predicted molar refractivity (Wildman–Crippen MR) is 87.8 cm³/mol. The van der Waals surface area contributed by atoms with Crippen LogP contribution in [0.25, 0.3) is 0 Å². The maximum absolute atomic E-state index is 6.25. The number of nitrogens with one attached hydrogen (secondary N) is 1. The van der Waals surface area contributed by atoms with E-state index in [1.165, 1.54) is 0 Å². The first-order chi connectivity index (χ1) is 10.1. The number of halogens is 3. The lowest BCUT2D eigenvalue weighted by atomic mass is 10.0. The number of hydrogen-bond donors (Lipinski definition) is 2. The second-order valence-corrected chi connectivity index (χ2v) is 6.01. The van der Waals surface area contributed by atoms with E-state index in [0.717, 1.165) is 24.2 Å². The van der Waals surface area contributed by atoms with E-state index in [0.29, 0.717) is 21.5 Å². The van der Waals surface area contributed by atoms with Gasteiger partial charge in [-0.25, -0.2) is 0 Å². The van der Waals surface area contributed by atoms with Gasteiger partial charge in [0.1, 0.15) is 0 Å². The fraction of sp³-hybridized carbons (Fsp3) is 0.357. The number of hydrogen-bond acceptors (Lipinski definition) is 3. The largest absolute Gasteiger partial charge is 0.271 e. The Hall–Kier alpha value is -0.780. The summed E-state index contributed by atoms with van der Waals surface area (Å²) in [7, 11) is 0. The summed E-state index contributed by atoms with van der Waals surface area (Å²) >= 11 is 18.4. The molecule has 4 nitrogen and oxygen atoms in total. The van der Waals surface area contributed by atoms with E-state index >= 15 is 0 Å². The number of rotatable bonds is 6. The van der Waals surface area contributed by atoms with Crippen molar-refractivity contribution in [1.29, 1.82) is 0 Å². The molecule has 2 aromatic rings. The summed E-state index contributed by atoms with van der Waals surface area (Å²) in [5, 5.41) is 6.10. The number of nitrogens with two attached hydrogens (primary N) is 1. The molecular weight excluding hydrogens is 331 g/mol. The van der Waals surface area contributed by atoms with E-state index in [9.17, 15) is 0 Å². The Kier molecular flexibility index (Phi) is 5.90. The molecule has 1 aromatic heterocycles. The molecule has 21 heavy (non-hydrogen) atoms. The molecule has 0 bridgehead atoms. The van der Waals surface area contributed by atoms with Crippen LogP contribution in [0.1, 0.15) is 30.6 Å². The SMILES string of the molecule is CCCn1ncc(Cl)c1C(Cc1ccc(Cl)cc1Cl)NN. The van der Waals surface area contributed by atoms with Crippen molar-refractivity contribution < 1.29 is 0 Å². The lowest BCUT2D eigenvalue weighted by Crippen LogP contribution is -2.31. The second-order valence-electron chi connectivity index (χ2n) is 4.76. The zero-order valence-electron chi connectivity index (χ0n) is 11.6. The van der Waals surface area contributed by atoms with Crippen LogP contribution < -0.4 is 11.3 Å². The number of aromatic nitrogens is 2. The fourth-order valence-electron chi connectivity index (χ4n) is 2.25. The number of aryl methyl sites for hydroxylation is 1. The molecule has 3 N–H and O–H groups in total. The second kappa shape index (κ2) is 7.47. The molecule has 0 amide bonds. The first kappa shape index (κ1) is 16.6. The average molecular weight is 348 g/mol. The average Bonchev–Trinajstić information content (AvgIpc) is 2.80. The highest BCUT2D eigenvalue weighted by Gasteiger charge is 2.20. The molecule has 0 aliphatic carbocycles. The zero-order chi connectivity index (χ0) is 15.4. The maximum atomic E-state index is 6.25. The Bertz CT molecular complexity index is 612. The van der Waals surface area contributed by atoms with Crippen LogP contribution in [-0.2, 0) is 13.0 Å². The van der Waals surface area contributed by atoms with Crippen molar-refractivity contribution in [3.8, 4) is 0 Å². The summed E-state index contributed by atoms with van der Waals surface area (Å²) in [5.41, 5.74) is 4.61. The topological polar surface area (TPSA) is 55.9 Å². The molecule has 0 radical (unpaired) electrons. The molecule has 0 spiro atoms. The van der Waals surface area contributed by atoms with E-state index in [1.54, 1.807) is 18.3 Å². The maximum Gasteiger partial charge on any atom is 0.0834 e. The fourth-order valence-corrected chi connectivity index (χ4v) is 3.01. The van der Waals surface area contributed by atoms with Crippen LogP contribution >= 0.6 is 34.8 Å². The third kappa shape index (κ3) is 3.90. The van der Waals surface area contributed by atoms with E-state index in [-0.39, 0.29) is 6.04 Å². The van der Waals surface area contributed by atoms with Crippen LogP contribution in [0.2, 0.25) is 15.1 Å². The number of hydrazine groups is 1. The minimum Gasteiger partial charge on any atom is -0.271 e. The van der Waals surface area contributed by atoms with Crippen LogP contribution in [0.15, 0.2) is 24.4 Å². The van der Waals surface area contributed by atoms with Crippen LogP contribution in [-0.4, -0.2) is 9.78 Å². The Morgan fingerprint density at radius 1 is 1.29 bits per heavy atom. The molecule has 1 unspecified atom stereocenters. The van der Waals surface area contributed by atoms with Crippen molar-refractivity contribution in [2.45, 2.75) is 32.4 Å². The van der Waals surface area contributed by atoms with Gasteiger partial charge in [0.2, 0.25) is 0 Å². The van der Waals surface area contributed by atoms with Gasteiger partial charge < -0.3 is 0 Å². The van der Waals surface area contributed by atoms with Gasteiger partial charge in [0.15, 0.2) is 0 Å².